The first-order chi connectivity index (χ1) is 9.11. The van der Waals surface area contributed by atoms with Gasteiger partial charge < -0.3 is 16.6 Å². The Morgan fingerprint density at radius 2 is 1.85 bits per heavy atom. The number of carbonyl (C=O) groups is 1. The SMILES string of the molecule is CC(CCCN)=C(C(N)=O)C(C)(CCCO)S(=O)(=O)O. The lowest BCUT2D eigenvalue weighted by atomic mass is 9.89. The van der Waals surface area contributed by atoms with Gasteiger partial charge in [-0.2, -0.15) is 8.42 Å². The number of hydrogen-bond donors (Lipinski definition) is 4. The highest BCUT2D eigenvalue weighted by molar-refractivity contribution is 7.87. The minimum absolute atomic E-state index is 0.0967. The number of primary amides is 1. The van der Waals surface area contributed by atoms with E-state index in [4.69, 9.17) is 16.6 Å². The van der Waals surface area contributed by atoms with Crippen molar-refractivity contribution in [3.63, 3.8) is 0 Å². The van der Waals surface area contributed by atoms with Crippen LogP contribution >= 0.6 is 0 Å². The molecule has 0 aliphatic carbocycles. The second-order valence-electron chi connectivity index (χ2n) is 4.94. The second kappa shape index (κ2) is 7.72. The highest BCUT2D eigenvalue weighted by Gasteiger charge is 2.44. The van der Waals surface area contributed by atoms with Gasteiger partial charge in [0.2, 0.25) is 5.91 Å². The van der Waals surface area contributed by atoms with Crippen LogP contribution in [0.3, 0.4) is 0 Å². The Morgan fingerprint density at radius 3 is 2.20 bits per heavy atom. The summed E-state index contributed by atoms with van der Waals surface area (Å²) in [6.07, 6.45) is 1.01. The zero-order valence-corrected chi connectivity index (χ0v) is 12.7. The van der Waals surface area contributed by atoms with E-state index in [1.165, 1.54) is 6.92 Å². The van der Waals surface area contributed by atoms with Gasteiger partial charge in [-0.3, -0.25) is 9.35 Å². The molecule has 0 saturated carbocycles. The molecule has 0 heterocycles. The van der Waals surface area contributed by atoms with Gasteiger partial charge >= 0.3 is 0 Å². The highest BCUT2D eigenvalue weighted by atomic mass is 32.2. The molecule has 0 radical (unpaired) electrons. The molecule has 0 aromatic rings. The maximum Gasteiger partial charge on any atom is 0.274 e. The van der Waals surface area contributed by atoms with Gasteiger partial charge in [0, 0.05) is 12.2 Å². The highest BCUT2D eigenvalue weighted by Crippen LogP contribution is 2.33. The average Bonchev–Trinajstić information content (AvgIpc) is 2.32. The molecule has 20 heavy (non-hydrogen) atoms. The summed E-state index contributed by atoms with van der Waals surface area (Å²) in [6, 6.07) is 0. The zero-order valence-electron chi connectivity index (χ0n) is 11.9. The van der Waals surface area contributed by atoms with E-state index in [2.05, 4.69) is 0 Å². The third-order valence-corrected chi connectivity index (χ3v) is 4.89. The van der Waals surface area contributed by atoms with Crippen LogP contribution in [0.25, 0.3) is 0 Å². The fourth-order valence-corrected chi connectivity index (χ4v) is 3.15. The third kappa shape index (κ3) is 4.55. The Labute approximate surface area is 119 Å². The molecule has 1 atom stereocenters. The standard InChI is InChI=1S/C12H24N2O5S/c1-9(5-3-7-13)10(11(14)16)12(2,6-4-8-15)20(17,18)19/h15H,3-8,13H2,1-2H3,(H2,14,16)(H,17,18,19). The minimum Gasteiger partial charge on any atom is -0.396 e. The molecule has 118 valence electrons. The van der Waals surface area contributed by atoms with Crippen molar-refractivity contribution >= 4 is 16.0 Å². The van der Waals surface area contributed by atoms with Crippen LogP contribution in [0.5, 0.6) is 0 Å². The van der Waals surface area contributed by atoms with Crippen molar-refractivity contribution in [3.05, 3.63) is 11.1 Å². The summed E-state index contributed by atoms with van der Waals surface area (Å²) < 4.78 is 31.0. The molecule has 0 bridgehead atoms. The smallest absolute Gasteiger partial charge is 0.274 e. The lowest BCUT2D eigenvalue weighted by molar-refractivity contribution is -0.115. The van der Waals surface area contributed by atoms with Gasteiger partial charge in [-0.1, -0.05) is 5.57 Å². The molecular weight excluding hydrogens is 284 g/mol. The van der Waals surface area contributed by atoms with E-state index >= 15 is 0 Å². The van der Waals surface area contributed by atoms with E-state index in [1.54, 1.807) is 6.92 Å². The van der Waals surface area contributed by atoms with Gasteiger partial charge in [-0.25, -0.2) is 0 Å². The fourth-order valence-electron chi connectivity index (χ4n) is 2.21. The number of aliphatic hydroxyl groups excluding tert-OH is 1. The van der Waals surface area contributed by atoms with Crippen molar-refractivity contribution in [1.82, 2.24) is 0 Å². The zero-order chi connectivity index (χ0) is 16.0. The molecule has 0 rings (SSSR count). The summed E-state index contributed by atoms with van der Waals surface area (Å²) in [5.41, 5.74) is 11.1. The molecule has 8 heteroatoms. The quantitative estimate of drug-likeness (QED) is 0.347. The van der Waals surface area contributed by atoms with Gasteiger partial charge in [-0.05, 0) is 46.1 Å². The molecular formula is C12H24N2O5S. The van der Waals surface area contributed by atoms with E-state index < -0.39 is 20.8 Å². The molecule has 0 aromatic carbocycles. The van der Waals surface area contributed by atoms with Gasteiger partial charge in [0.1, 0.15) is 4.75 Å². The first kappa shape index (κ1) is 19.0. The molecule has 7 nitrogen and oxygen atoms in total. The van der Waals surface area contributed by atoms with Crippen molar-refractivity contribution < 1.29 is 22.9 Å². The topological polar surface area (TPSA) is 144 Å². The van der Waals surface area contributed by atoms with Crippen molar-refractivity contribution in [3.8, 4) is 0 Å². The molecule has 0 aliphatic rings. The fraction of sp³-hybridized carbons (Fsp3) is 0.750. The average molecular weight is 308 g/mol. The van der Waals surface area contributed by atoms with Crippen molar-refractivity contribution in [1.29, 1.82) is 0 Å². The number of hydrogen-bond acceptors (Lipinski definition) is 5. The van der Waals surface area contributed by atoms with Crippen molar-refractivity contribution in [2.24, 2.45) is 11.5 Å². The second-order valence-corrected chi connectivity index (χ2v) is 6.80. The molecule has 0 aromatic heterocycles. The van der Waals surface area contributed by atoms with Crippen LogP contribution < -0.4 is 11.5 Å². The minimum atomic E-state index is -4.55. The molecule has 1 unspecified atom stereocenters. The molecule has 0 spiro atoms. The third-order valence-electron chi connectivity index (χ3n) is 3.34. The Bertz CT molecular complexity index is 472. The summed E-state index contributed by atoms with van der Waals surface area (Å²) in [5, 5.41) is 8.87. The summed E-state index contributed by atoms with van der Waals surface area (Å²) in [5.74, 6) is -0.891. The van der Waals surface area contributed by atoms with Gasteiger partial charge in [-0.15, -0.1) is 0 Å². The lowest BCUT2D eigenvalue weighted by Crippen LogP contribution is -2.43. The summed E-state index contributed by atoms with van der Waals surface area (Å²) in [6.45, 7) is 2.98. The number of amides is 1. The number of nitrogens with two attached hydrogens (primary N) is 2. The first-order valence-electron chi connectivity index (χ1n) is 6.39. The van der Waals surface area contributed by atoms with E-state index in [-0.39, 0.29) is 25.0 Å². The van der Waals surface area contributed by atoms with E-state index in [0.29, 0.717) is 25.0 Å². The Balaban J connectivity index is 5.86. The largest absolute Gasteiger partial charge is 0.396 e. The van der Waals surface area contributed by atoms with Gasteiger partial charge in [0.25, 0.3) is 10.1 Å². The van der Waals surface area contributed by atoms with Crippen LogP contribution in [0.2, 0.25) is 0 Å². The molecule has 1 amide bonds. The Kier molecular flexibility index (Phi) is 7.35. The summed E-state index contributed by atoms with van der Waals surface area (Å²) >= 11 is 0. The lowest BCUT2D eigenvalue weighted by Gasteiger charge is -2.29. The number of aliphatic hydroxyl groups is 1. The van der Waals surface area contributed by atoms with Crippen molar-refractivity contribution in [2.75, 3.05) is 13.2 Å². The number of allylic oxidation sites excluding steroid dienone is 1. The Morgan fingerprint density at radius 1 is 1.30 bits per heavy atom. The van der Waals surface area contributed by atoms with Crippen LogP contribution in [0.15, 0.2) is 11.1 Å². The van der Waals surface area contributed by atoms with Gasteiger partial charge in [0.05, 0.1) is 0 Å². The Hall–Kier alpha value is -0.960. The van der Waals surface area contributed by atoms with Crippen LogP contribution in [-0.2, 0) is 14.9 Å². The maximum atomic E-state index is 11.7. The van der Waals surface area contributed by atoms with Crippen LogP contribution in [-0.4, -0.2) is 41.9 Å². The molecule has 6 N–H and O–H groups in total. The number of carbonyl (C=O) groups excluding carboxylic acids is 1. The summed E-state index contributed by atoms with van der Waals surface area (Å²) in [7, 11) is -4.55. The predicted molar refractivity (Wildman–Crippen MR) is 76.5 cm³/mol. The van der Waals surface area contributed by atoms with E-state index in [0.717, 1.165) is 0 Å². The van der Waals surface area contributed by atoms with E-state index in [1.807, 2.05) is 0 Å². The van der Waals surface area contributed by atoms with Crippen molar-refractivity contribution in [2.45, 2.75) is 44.3 Å². The van der Waals surface area contributed by atoms with Gasteiger partial charge in [0.15, 0.2) is 0 Å². The molecule has 0 fully saturated rings. The van der Waals surface area contributed by atoms with Crippen LogP contribution in [0.1, 0.15) is 39.5 Å². The molecule has 0 saturated heterocycles. The summed E-state index contributed by atoms with van der Waals surface area (Å²) in [4.78, 5) is 11.7. The van der Waals surface area contributed by atoms with E-state index in [9.17, 15) is 17.8 Å². The number of rotatable bonds is 9. The first-order valence-corrected chi connectivity index (χ1v) is 7.83. The van der Waals surface area contributed by atoms with Crippen LogP contribution in [0, 0.1) is 0 Å². The molecule has 0 aliphatic heterocycles. The maximum absolute atomic E-state index is 11.7. The normalized spacial score (nSPS) is 16.4. The predicted octanol–water partition coefficient (Wildman–Crippen LogP) is -0.0539. The van der Waals surface area contributed by atoms with Crippen LogP contribution in [0.4, 0.5) is 0 Å². The monoisotopic (exact) mass is 308 g/mol.